The number of likely N-dealkylation sites (tertiary alicyclic amines) is 1. The summed E-state index contributed by atoms with van der Waals surface area (Å²) in [7, 11) is 0. The van der Waals surface area contributed by atoms with Crippen LogP contribution in [0, 0.1) is 0 Å². The SMILES string of the molecule is OC1CCCN(Cc2cnc(Cl)s2)C1. The first kappa shape index (κ1) is 10.4. The maximum absolute atomic E-state index is 9.48. The summed E-state index contributed by atoms with van der Waals surface area (Å²) in [5.41, 5.74) is 0. The van der Waals surface area contributed by atoms with E-state index < -0.39 is 0 Å². The van der Waals surface area contributed by atoms with E-state index in [0.717, 1.165) is 32.5 Å². The second-order valence-electron chi connectivity index (χ2n) is 3.61. The molecule has 14 heavy (non-hydrogen) atoms. The summed E-state index contributed by atoms with van der Waals surface area (Å²) in [5, 5.41) is 9.48. The van der Waals surface area contributed by atoms with Gasteiger partial charge >= 0.3 is 0 Å². The van der Waals surface area contributed by atoms with Crippen LogP contribution in [0.5, 0.6) is 0 Å². The molecule has 2 heterocycles. The minimum atomic E-state index is -0.160. The summed E-state index contributed by atoms with van der Waals surface area (Å²) in [4.78, 5) is 7.41. The summed E-state index contributed by atoms with van der Waals surface area (Å²) < 4.78 is 0.595. The lowest BCUT2D eigenvalue weighted by Crippen LogP contribution is -2.37. The maximum Gasteiger partial charge on any atom is 0.183 e. The van der Waals surface area contributed by atoms with Gasteiger partial charge in [0.1, 0.15) is 0 Å². The topological polar surface area (TPSA) is 36.4 Å². The number of aliphatic hydroxyl groups is 1. The molecule has 1 saturated heterocycles. The summed E-state index contributed by atoms with van der Waals surface area (Å²) in [6.07, 6.45) is 3.66. The van der Waals surface area contributed by atoms with Crippen molar-refractivity contribution >= 4 is 22.9 Å². The van der Waals surface area contributed by atoms with Gasteiger partial charge in [0, 0.05) is 24.2 Å². The number of halogens is 1. The summed E-state index contributed by atoms with van der Waals surface area (Å²) in [5.74, 6) is 0. The molecule has 1 unspecified atom stereocenters. The van der Waals surface area contributed by atoms with Gasteiger partial charge in [-0.1, -0.05) is 11.6 Å². The molecule has 1 N–H and O–H groups in total. The van der Waals surface area contributed by atoms with Gasteiger partial charge in [-0.2, -0.15) is 0 Å². The van der Waals surface area contributed by atoms with Crippen molar-refractivity contribution < 1.29 is 5.11 Å². The van der Waals surface area contributed by atoms with Gasteiger partial charge < -0.3 is 5.11 Å². The highest BCUT2D eigenvalue weighted by Crippen LogP contribution is 2.21. The van der Waals surface area contributed by atoms with E-state index in [2.05, 4.69) is 9.88 Å². The van der Waals surface area contributed by atoms with Crippen LogP contribution in [0.1, 0.15) is 17.7 Å². The number of aliphatic hydroxyl groups excluding tert-OH is 1. The van der Waals surface area contributed by atoms with Gasteiger partial charge in [0.05, 0.1) is 6.10 Å². The van der Waals surface area contributed by atoms with Crippen molar-refractivity contribution in [2.45, 2.75) is 25.5 Å². The number of aromatic nitrogens is 1. The van der Waals surface area contributed by atoms with Crippen LogP contribution < -0.4 is 0 Å². The Morgan fingerprint density at radius 3 is 3.21 bits per heavy atom. The summed E-state index contributed by atoms with van der Waals surface area (Å²) >= 11 is 7.26. The molecule has 1 aromatic heterocycles. The summed E-state index contributed by atoms with van der Waals surface area (Å²) in [6.45, 7) is 2.70. The quantitative estimate of drug-likeness (QED) is 0.844. The molecule has 5 heteroatoms. The van der Waals surface area contributed by atoms with Crippen molar-refractivity contribution in [3.8, 4) is 0 Å². The third-order valence-corrected chi connectivity index (χ3v) is 3.49. The molecule has 0 aliphatic carbocycles. The highest BCUT2D eigenvalue weighted by molar-refractivity contribution is 7.15. The maximum atomic E-state index is 9.48. The molecule has 1 atom stereocenters. The molecule has 3 nitrogen and oxygen atoms in total. The first-order valence-electron chi connectivity index (χ1n) is 4.74. The van der Waals surface area contributed by atoms with Crippen molar-refractivity contribution in [3.05, 3.63) is 15.5 Å². The fraction of sp³-hybridized carbons (Fsp3) is 0.667. The molecule has 1 aliphatic heterocycles. The van der Waals surface area contributed by atoms with Crippen molar-refractivity contribution in [2.75, 3.05) is 13.1 Å². The van der Waals surface area contributed by atoms with Crippen molar-refractivity contribution in [1.29, 1.82) is 0 Å². The van der Waals surface area contributed by atoms with Crippen LogP contribution in [0.2, 0.25) is 4.47 Å². The second kappa shape index (κ2) is 4.57. The van der Waals surface area contributed by atoms with Gasteiger partial charge in [-0.3, -0.25) is 4.90 Å². The lowest BCUT2D eigenvalue weighted by molar-refractivity contribution is 0.0673. The molecule has 0 aromatic carbocycles. The Labute approximate surface area is 92.3 Å². The van der Waals surface area contributed by atoms with E-state index in [1.807, 2.05) is 6.20 Å². The first-order valence-corrected chi connectivity index (χ1v) is 5.94. The van der Waals surface area contributed by atoms with Crippen molar-refractivity contribution in [2.24, 2.45) is 0 Å². The average Bonchev–Trinajstić information content (AvgIpc) is 2.51. The van der Waals surface area contributed by atoms with Gasteiger partial charge in [-0.15, -0.1) is 11.3 Å². The minimum Gasteiger partial charge on any atom is -0.392 e. The molecule has 78 valence electrons. The van der Waals surface area contributed by atoms with Crippen LogP contribution in [-0.2, 0) is 6.54 Å². The molecule has 0 saturated carbocycles. The molecule has 1 aromatic rings. The van der Waals surface area contributed by atoms with E-state index >= 15 is 0 Å². The standard InChI is InChI=1S/C9H13ClN2OS/c10-9-11-4-8(14-9)6-12-3-1-2-7(13)5-12/h4,7,13H,1-3,5-6H2. The number of hydrogen-bond acceptors (Lipinski definition) is 4. The number of piperidine rings is 1. The minimum absolute atomic E-state index is 0.160. The van der Waals surface area contributed by atoms with E-state index in [9.17, 15) is 5.11 Å². The monoisotopic (exact) mass is 232 g/mol. The molecule has 2 rings (SSSR count). The molecule has 0 radical (unpaired) electrons. The Hall–Kier alpha value is -0.160. The predicted molar refractivity (Wildman–Crippen MR) is 57.6 cm³/mol. The van der Waals surface area contributed by atoms with E-state index in [1.165, 1.54) is 16.2 Å². The van der Waals surface area contributed by atoms with E-state index in [4.69, 9.17) is 11.6 Å². The molecule has 0 bridgehead atoms. The van der Waals surface area contributed by atoms with Crippen LogP contribution in [0.15, 0.2) is 6.20 Å². The zero-order valence-electron chi connectivity index (χ0n) is 7.82. The van der Waals surface area contributed by atoms with Gasteiger partial charge in [0.2, 0.25) is 0 Å². The lowest BCUT2D eigenvalue weighted by atomic mass is 10.1. The van der Waals surface area contributed by atoms with Crippen molar-refractivity contribution in [3.63, 3.8) is 0 Å². The Kier molecular flexibility index (Phi) is 3.38. The van der Waals surface area contributed by atoms with Gasteiger partial charge in [-0.25, -0.2) is 4.98 Å². The zero-order chi connectivity index (χ0) is 9.97. The number of nitrogens with zero attached hydrogens (tertiary/aromatic N) is 2. The van der Waals surface area contributed by atoms with E-state index in [1.54, 1.807) is 0 Å². The Morgan fingerprint density at radius 2 is 2.57 bits per heavy atom. The number of β-amino-alcohol motifs (C(OH)–C–C–N with tert-alkyl or cyclic N) is 1. The molecular weight excluding hydrogens is 220 g/mol. The molecule has 1 aliphatic rings. The molecule has 0 amide bonds. The van der Waals surface area contributed by atoms with Gasteiger partial charge in [0.25, 0.3) is 0 Å². The average molecular weight is 233 g/mol. The Balaban J connectivity index is 1.90. The van der Waals surface area contributed by atoms with Crippen molar-refractivity contribution in [1.82, 2.24) is 9.88 Å². The molecular formula is C9H13ClN2OS. The molecule has 0 spiro atoms. The third kappa shape index (κ3) is 2.67. The summed E-state index contributed by atoms with van der Waals surface area (Å²) in [6, 6.07) is 0. The van der Waals surface area contributed by atoms with Crippen LogP contribution in [0.3, 0.4) is 0 Å². The zero-order valence-corrected chi connectivity index (χ0v) is 9.39. The second-order valence-corrected chi connectivity index (χ2v) is 5.31. The lowest BCUT2D eigenvalue weighted by Gasteiger charge is -2.29. The number of hydrogen-bond donors (Lipinski definition) is 1. The van der Waals surface area contributed by atoms with Crippen LogP contribution >= 0.6 is 22.9 Å². The highest BCUT2D eigenvalue weighted by Gasteiger charge is 2.18. The smallest absolute Gasteiger partial charge is 0.183 e. The fourth-order valence-corrected chi connectivity index (χ4v) is 2.77. The van der Waals surface area contributed by atoms with Crippen LogP contribution in [-0.4, -0.2) is 34.2 Å². The molecule has 1 fully saturated rings. The van der Waals surface area contributed by atoms with Gasteiger partial charge in [-0.05, 0) is 19.4 Å². The third-order valence-electron chi connectivity index (χ3n) is 2.39. The predicted octanol–water partition coefficient (Wildman–Crippen LogP) is 1.75. The Bertz CT molecular complexity index is 305. The number of thiazole rings is 1. The number of rotatable bonds is 2. The van der Waals surface area contributed by atoms with E-state index in [-0.39, 0.29) is 6.10 Å². The normalized spacial score (nSPS) is 24.0. The van der Waals surface area contributed by atoms with E-state index in [0.29, 0.717) is 4.47 Å². The highest BCUT2D eigenvalue weighted by atomic mass is 35.5. The van der Waals surface area contributed by atoms with Gasteiger partial charge in [0.15, 0.2) is 4.47 Å². The van der Waals surface area contributed by atoms with Crippen LogP contribution in [0.25, 0.3) is 0 Å². The van der Waals surface area contributed by atoms with Crippen LogP contribution in [0.4, 0.5) is 0 Å². The fourth-order valence-electron chi connectivity index (χ4n) is 1.75. The Morgan fingerprint density at radius 1 is 1.71 bits per heavy atom. The largest absolute Gasteiger partial charge is 0.392 e. The first-order chi connectivity index (χ1) is 6.74.